The monoisotopic (exact) mass is 386 g/mol. The molecule has 0 saturated carbocycles. The van der Waals surface area contributed by atoms with E-state index in [9.17, 15) is 9.59 Å². The third kappa shape index (κ3) is 4.62. The first-order chi connectivity index (χ1) is 14.2. The van der Waals surface area contributed by atoms with Gasteiger partial charge >= 0.3 is 5.97 Å². The number of carbonyl (C=O) groups is 2. The number of hydrogen-bond donors (Lipinski definition) is 0. The van der Waals surface area contributed by atoms with Gasteiger partial charge in [-0.3, -0.25) is 9.59 Å². The van der Waals surface area contributed by atoms with Crippen molar-refractivity contribution in [3.8, 4) is 0 Å². The van der Waals surface area contributed by atoms with Crippen molar-refractivity contribution in [1.29, 1.82) is 0 Å². The molecule has 0 unspecified atom stereocenters. The van der Waals surface area contributed by atoms with Crippen LogP contribution >= 0.6 is 0 Å². The highest BCUT2D eigenvalue weighted by molar-refractivity contribution is 6.06. The van der Waals surface area contributed by atoms with Crippen molar-refractivity contribution in [2.75, 3.05) is 0 Å². The largest absolute Gasteiger partial charge is 0.441 e. The van der Waals surface area contributed by atoms with Crippen LogP contribution in [0.2, 0.25) is 0 Å². The molecule has 3 rings (SSSR count). The number of benzene rings is 3. The zero-order chi connectivity index (χ0) is 20.5. The minimum atomic E-state index is -1.52. The standard InChI is InChI=1S/C26H26O3/c1-2-3-7-20-24(27)29-26(22-16-10-5-11-17-22,23-18-12-6-13-19-23)25(28)21-14-8-4-9-15-21/h4-6,8-19H,2-3,7,20H2,1H3. The van der Waals surface area contributed by atoms with Crippen LogP contribution in [-0.2, 0) is 15.1 Å². The van der Waals surface area contributed by atoms with Crippen LogP contribution in [0.5, 0.6) is 0 Å². The van der Waals surface area contributed by atoms with E-state index in [1.54, 1.807) is 12.1 Å². The first-order valence-electron chi connectivity index (χ1n) is 10.1. The Bertz CT molecular complexity index is 878. The highest BCUT2D eigenvalue weighted by Gasteiger charge is 2.46. The fraction of sp³-hybridized carbons (Fsp3) is 0.231. The summed E-state index contributed by atoms with van der Waals surface area (Å²) in [5, 5.41) is 0. The van der Waals surface area contributed by atoms with Crippen molar-refractivity contribution in [3.05, 3.63) is 108 Å². The van der Waals surface area contributed by atoms with Crippen molar-refractivity contribution in [1.82, 2.24) is 0 Å². The lowest BCUT2D eigenvalue weighted by atomic mass is 9.79. The molecule has 0 spiro atoms. The van der Waals surface area contributed by atoms with Crippen molar-refractivity contribution in [2.24, 2.45) is 0 Å². The van der Waals surface area contributed by atoms with Crippen LogP contribution in [0.25, 0.3) is 0 Å². The van der Waals surface area contributed by atoms with E-state index in [1.165, 1.54) is 0 Å². The molecule has 29 heavy (non-hydrogen) atoms. The van der Waals surface area contributed by atoms with E-state index in [-0.39, 0.29) is 18.2 Å². The molecule has 0 atom stereocenters. The fourth-order valence-corrected chi connectivity index (χ4v) is 3.47. The molecular formula is C26H26O3. The molecule has 0 radical (unpaired) electrons. The minimum Gasteiger partial charge on any atom is -0.441 e. The van der Waals surface area contributed by atoms with Gasteiger partial charge in [0.1, 0.15) is 0 Å². The van der Waals surface area contributed by atoms with Gasteiger partial charge in [-0.15, -0.1) is 0 Å². The number of ketones is 1. The zero-order valence-corrected chi connectivity index (χ0v) is 16.7. The predicted octanol–water partition coefficient (Wildman–Crippen LogP) is 5.94. The van der Waals surface area contributed by atoms with Crippen LogP contribution in [0.15, 0.2) is 91.0 Å². The Labute approximate surface area is 172 Å². The highest BCUT2D eigenvalue weighted by Crippen LogP contribution is 2.37. The molecule has 0 aliphatic rings. The summed E-state index contributed by atoms with van der Waals surface area (Å²) in [6.07, 6.45) is 3.00. The quantitative estimate of drug-likeness (QED) is 0.260. The Morgan fingerprint density at radius 3 is 1.69 bits per heavy atom. The molecule has 0 fully saturated rings. The Morgan fingerprint density at radius 2 is 1.21 bits per heavy atom. The zero-order valence-electron chi connectivity index (χ0n) is 16.7. The molecule has 0 amide bonds. The van der Waals surface area contributed by atoms with Crippen LogP contribution < -0.4 is 0 Å². The van der Waals surface area contributed by atoms with Gasteiger partial charge in [-0.05, 0) is 6.42 Å². The maximum Gasteiger partial charge on any atom is 0.307 e. The van der Waals surface area contributed by atoms with Crippen LogP contribution in [0.3, 0.4) is 0 Å². The molecule has 0 aliphatic carbocycles. The molecular weight excluding hydrogens is 360 g/mol. The summed E-state index contributed by atoms with van der Waals surface area (Å²) in [6, 6.07) is 27.6. The molecule has 0 aromatic heterocycles. The van der Waals surface area contributed by atoms with Gasteiger partial charge in [0, 0.05) is 23.1 Å². The van der Waals surface area contributed by atoms with Crippen molar-refractivity contribution in [2.45, 2.75) is 38.2 Å². The highest BCUT2D eigenvalue weighted by atomic mass is 16.6. The lowest BCUT2D eigenvalue weighted by molar-refractivity contribution is -0.153. The number of carbonyl (C=O) groups excluding carboxylic acids is 2. The van der Waals surface area contributed by atoms with Crippen molar-refractivity contribution >= 4 is 11.8 Å². The molecule has 148 valence electrons. The molecule has 0 N–H and O–H groups in total. The second-order valence-corrected chi connectivity index (χ2v) is 7.04. The normalized spacial score (nSPS) is 11.1. The number of esters is 1. The number of rotatable bonds is 9. The van der Waals surface area contributed by atoms with E-state index in [0.717, 1.165) is 19.3 Å². The van der Waals surface area contributed by atoms with Gasteiger partial charge in [0.2, 0.25) is 11.4 Å². The van der Waals surface area contributed by atoms with Gasteiger partial charge in [-0.1, -0.05) is 111 Å². The predicted molar refractivity (Wildman–Crippen MR) is 115 cm³/mol. The van der Waals surface area contributed by atoms with Crippen LogP contribution in [0.4, 0.5) is 0 Å². The second kappa shape index (κ2) is 9.83. The van der Waals surface area contributed by atoms with Crippen molar-refractivity contribution in [3.63, 3.8) is 0 Å². The smallest absolute Gasteiger partial charge is 0.307 e. The second-order valence-electron chi connectivity index (χ2n) is 7.04. The van der Waals surface area contributed by atoms with Gasteiger partial charge in [0.25, 0.3) is 0 Å². The van der Waals surface area contributed by atoms with E-state index in [1.807, 2.05) is 78.9 Å². The van der Waals surface area contributed by atoms with Gasteiger partial charge in [0.05, 0.1) is 0 Å². The van der Waals surface area contributed by atoms with Crippen LogP contribution in [0.1, 0.15) is 54.1 Å². The van der Waals surface area contributed by atoms with Gasteiger partial charge in [0.15, 0.2) is 0 Å². The number of Topliss-reactive ketones (excluding diaryl/α,β-unsaturated/α-hetero) is 1. The van der Waals surface area contributed by atoms with E-state index in [4.69, 9.17) is 4.74 Å². The molecule has 0 aliphatic heterocycles. The fourth-order valence-electron chi connectivity index (χ4n) is 3.47. The van der Waals surface area contributed by atoms with E-state index in [0.29, 0.717) is 16.7 Å². The molecule has 0 heterocycles. The molecule has 0 bridgehead atoms. The number of unbranched alkanes of at least 4 members (excludes halogenated alkanes) is 2. The average Bonchev–Trinajstić information content (AvgIpc) is 2.79. The summed E-state index contributed by atoms with van der Waals surface area (Å²) in [7, 11) is 0. The molecule has 3 aromatic carbocycles. The lowest BCUT2D eigenvalue weighted by Crippen LogP contribution is -2.42. The summed E-state index contributed by atoms with van der Waals surface area (Å²) < 4.78 is 6.08. The Balaban J connectivity index is 2.14. The summed E-state index contributed by atoms with van der Waals surface area (Å²) in [5.74, 6) is -0.616. The van der Waals surface area contributed by atoms with Gasteiger partial charge in [-0.2, -0.15) is 0 Å². The minimum absolute atomic E-state index is 0.251. The number of ether oxygens (including phenoxy) is 1. The maximum atomic E-state index is 13.9. The molecule has 3 heteroatoms. The summed E-state index contributed by atoms with van der Waals surface area (Å²) in [6.45, 7) is 2.09. The van der Waals surface area contributed by atoms with E-state index in [2.05, 4.69) is 6.92 Å². The van der Waals surface area contributed by atoms with E-state index >= 15 is 0 Å². The van der Waals surface area contributed by atoms with Crippen LogP contribution in [0, 0.1) is 0 Å². The average molecular weight is 386 g/mol. The first-order valence-corrected chi connectivity index (χ1v) is 10.1. The Hall–Kier alpha value is -3.20. The van der Waals surface area contributed by atoms with Gasteiger partial charge < -0.3 is 4.74 Å². The van der Waals surface area contributed by atoms with Gasteiger partial charge in [-0.25, -0.2) is 0 Å². The van der Waals surface area contributed by atoms with Crippen LogP contribution in [-0.4, -0.2) is 11.8 Å². The third-order valence-electron chi connectivity index (χ3n) is 4.97. The Kier molecular flexibility index (Phi) is 6.96. The van der Waals surface area contributed by atoms with E-state index < -0.39 is 5.60 Å². The maximum absolute atomic E-state index is 13.9. The molecule has 0 saturated heterocycles. The number of hydrogen-bond acceptors (Lipinski definition) is 3. The lowest BCUT2D eigenvalue weighted by Gasteiger charge is -2.33. The van der Waals surface area contributed by atoms with Crippen molar-refractivity contribution < 1.29 is 14.3 Å². The summed E-state index contributed by atoms with van der Waals surface area (Å²) >= 11 is 0. The topological polar surface area (TPSA) is 43.4 Å². The first kappa shape index (κ1) is 20.5. The summed E-state index contributed by atoms with van der Waals surface area (Å²) in [5.41, 5.74) is 0.266. The molecule has 3 nitrogen and oxygen atoms in total. The SMILES string of the molecule is CCCCCC(=O)OC(C(=O)c1ccccc1)(c1ccccc1)c1ccccc1. The summed E-state index contributed by atoms with van der Waals surface area (Å²) in [4.78, 5) is 26.7. The Morgan fingerprint density at radius 1 is 0.724 bits per heavy atom. The third-order valence-corrected chi connectivity index (χ3v) is 4.97. The molecule has 3 aromatic rings.